The molecule has 0 bridgehead atoms. The van der Waals surface area contributed by atoms with Gasteiger partial charge in [0, 0.05) is 12.3 Å². The first-order valence-electron chi connectivity index (χ1n) is 9.56. The van der Waals surface area contributed by atoms with Crippen molar-refractivity contribution in [2.24, 2.45) is 16.0 Å². The van der Waals surface area contributed by atoms with Crippen LogP contribution in [-0.4, -0.2) is 28.9 Å². The molecule has 0 unspecified atom stereocenters. The molecular weight excluding hydrogens is 344 g/mol. The van der Waals surface area contributed by atoms with Gasteiger partial charge in [-0.15, -0.1) is 0 Å². The molecule has 0 N–H and O–H groups in total. The van der Waals surface area contributed by atoms with Crippen molar-refractivity contribution in [2.45, 2.75) is 57.9 Å². The maximum atomic E-state index is 13.0. The molecule has 1 aliphatic carbocycles. The second kappa shape index (κ2) is 7.66. The zero-order valence-electron chi connectivity index (χ0n) is 15.1. The van der Waals surface area contributed by atoms with Crippen molar-refractivity contribution in [1.29, 1.82) is 0 Å². The molecule has 1 saturated carbocycles. The molecule has 0 saturated heterocycles. The molecule has 1 atom stereocenters. The predicted molar refractivity (Wildman–Crippen MR) is 108 cm³/mol. The first-order chi connectivity index (χ1) is 12.8. The van der Waals surface area contributed by atoms with Crippen LogP contribution in [0.2, 0.25) is 0 Å². The van der Waals surface area contributed by atoms with Crippen LogP contribution in [0.5, 0.6) is 0 Å². The monoisotopic (exact) mass is 368 g/mol. The smallest absolute Gasteiger partial charge is 0.263 e. The fourth-order valence-electron chi connectivity index (χ4n) is 3.65. The SMILES string of the molecule is CCCC1=NN(c2nc3ccccc3s2)C(=O)[C@@H]1C=NC1CCCCC1. The molecule has 4 rings (SSSR count). The molecule has 5 nitrogen and oxygen atoms in total. The van der Waals surface area contributed by atoms with Gasteiger partial charge in [-0.1, -0.05) is 56.1 Å². The van der Waals surface area contributed by atoms with Gasteiger partial charge in [0.15, 0.2) is 0 Å². The molecule has 2 aromatic rings. The summed E-state index contributed by atoms with van der Waals surface area (Å²) >= 11 is 1.51. The maximum absolute atomic E-state index is 13.0. The number of anilines is 1. The Labute approximate surface area is 157 Å². The van der Waals surface area contributed by atoms with Gasteiger partial charge in [-0.25, -0.2) is 4.98 Å². The summed E-state index contributed by atoms with van der Waals surface area (Å²) < 4.78 is 1.07. The highest BCUT2D eigenvalue weighted by Crippen LogP contribution is 2.32. The van der Waals surface area contributed by atoms with Gasteiger partial charge in [0.1, 0.15) is 5.92 Å². The lowest BCUT2D eigenvalue weighted by atomic mass is 9.95. The molecule has 6 heteroatoms. The van der Waals surface area contributed by atoms with Crippen LogP contribution in [0.1, 0.15) is 51.9 Å². The molecule has 0 spiro atoms. The van der Waals surface area contributed by atoms with Crippen molar-refractivity contribution in [3.63, 3.8) is 0 Å². The Morgan fingerprint density at radius 2 is 2.08 bits per heavy atom. The van der Waals surface area contributed by atoms with Crippen molar-refractivity contribution in [1.82, 2.24) is 4.98 Å². The van der Waals surface area contributed by atoms with E-state index in [1.165, 1.54) is 35.6 Å². The summed E-state index contributed by atoms with van der Waals surface area (Å²) in [6, 6.07) is 8.31. The largest absolute Gasteiger partial charge is 0.293 e. The normalized spacial score (nSPS) is 21.9. The van der Waals surface area contributed by atoms with E-state index in [0.29, 0.717) is 11.2 Å². The van der Waals surface area contributed by atoms with Crippen LogP contribution in [0.3, 0.4) is 0 Å². The third kappa shape index (κ3) is 3.43. The minimum Gasteiger partial charge on any atom is -0.293 e. The third-order valence-electron chi connectivity index (χ3n) is 5.05. The number of amides is 1. The number of carbonyl (C=O) groups is 1. The third-order valence-corrected chi connectivity index (χ3v) is 6.06. The number of rotatable bonds is 5. The van der Waals surface area contributed by atoms with E-state index in [1.54, 1.807) is 0 Å². The van der Waals surface area contributed by atoms with Gasteiger partial charge >= 0.3 is 0 Å². The number of hydrogen-bond donors (Lipinski definition) is 0. The number of hydrazone groups is 1. The number of benzene rings is 1. The van der Waals surface area contributed by atoms with E-state index in [0.717, 1.165) is 41.6 Å². The average Bonchev–Trinajstić information content (AvgIpc) is 3.22. The van der Waals surface area contributed by atoms with Crippen LogP contribution in [-0.2, 0) is 4.79 Å². The summed E-state index contributed by atoms with van der Waals surface area (Å²) in [7, 11) is 0. The molecule has 136 valence electrons. The van der Waals surface area contributed by atoms with E-state index in [2.05, 4.69) is 17.0 Å². The van der Waals surface area contributed by atoms with Crippen LogP contribution in [0.4, 0.5) is 5.13 Å². The van der Waals surface area contributed by atoms with Gasteiger partial charge in [0.05, 0.1) is 15.9 Å². The average molecular weight is 369 g/mol. The van der Waals surface area contributed by atoms with Gasteiger partial charge in [-0.05, 0) is 31.4 Å². The van der Waals surface area contributed by atoms with Crippen molar-refractivity contribution < 1.29 is 4.79 Å². The molecule has 1 amide bonds. The van der Waals surface area contributed by atoms with E-state index in [1.807, 2.05) is 30.5 Å². The Balaban J connectivity index is 1.58. The van der Waals surface area contributed by atoms with Crippen LogP contribution in [0.25, 0.3) is 10.2 Å². The first-order valence-corrected chi connectivity index (χ1v) is 10.4. The van der Waals surface area contributed by atoms with E-state index in [-0.39, 0.29) is 11.8 Å². The Morgan fingerprint density at radius 3 is 2.85 bits per heavy atom. The Kier molecular flexibility index (Phi) is 5.11. The second-order valence-corrected chi connectivity index (χ2v) is 8.03. The van der Waals surface area contributed by atoms with Gasteiger partial charge in [0.2, 0.25) is 5.13 Å². The Morgan fingerprint density at radius 1 is 1.27 bits per heavy atom. The fraction of sp³-hybridized carbons (Fsp3) is 0.500. The lowest BCUT2D eigenvalue weighted by molar-refractivity contribution is -0.118. The topological polar surface area (TPSA) is 57.9 Å². The van der Waals surface area contributed by atoms with Crippen LogP contribution >= 0.6 is 11.3 Å². The summed E-state index contributed by atoms with van der Waals surface area (Å²) in [6.07, 6.45) is 9.71. The van der Waals surface area contributed by atoms with E-state index >= 15 is 0 Å². The summed E-state index contributed by atoms with van der Waals surface area (Å²) in [5.74, 6) is -0.351. The van der Waals surface area contributed by atoms with E-state index in [9.17, 15) is 4.79 Å². The predicted octanol–water partition coefficient (Wildman–Crippen LogP) is 4.82. The number of aliphatic imine (C=N–C) groups is 1. The summed E-state index contributed by atoms with van der Waals surface area (Å²) in [6.45, 7) is 2.11. The molecule has 2 aliphatic rings. The highest BCUT2D eigenvalue weighted by molar-refractivity contribution is 7.22. The number of thiazole rings is 1. The van der Waals surface area contributed by atoms with Gasteiger partial charge in [0.25, 0.3) is 5.91 Å². The zero-order chi connectivity index (χ0) is 17.9. The lowest BCUT2D eigenvalue weighted by Crippen LogP contribution is -2.29. The van der Waals surface area contributed by atoms with Gasteiger partial charge in [-0.3, -0.25) is 9.79 Å². The molecule has 0 radical (unpaired) electrons. The van der Waals surface area contributed by atoms with Crippen molar-refractivity contribution in [2.75, 3.05) is 5.01 Å². The standard InChI is InChI=1S/C20H24N4OS/c1-2-8-16-15(13-21-14-9-4-3-5-10-14)19(25)24(23-16)20-22-17-11-6-7-12-18(17)26-20/h6-7,11-15H,2-5,8-10H2,1H3/t15-/m1/s1. The number of nitrogens with zero attached hydrogens (tertiary/aromatic N) is 4. The van der Waals surface area contributed by atoms with E-state index in [4.69, 9.17) is 4.99 Å². The van der Waals surface area contributed by atoms with E-state index < -0.39 is 0 Å². The molecule has 1 aromatic heterocycles. The van der Waals surface area contributed by atoms with Crippen LogP contribution in [0, 0.1) is 5.92 Å². The maximum Gasteiger partial charge on any atom is 0.263 e. The molecular formula is C20H24N4OS. The molecule has 1 aliphatic heterocycles. The highest BCUT2D eigenvalue weighted by Gasteiger charge is 2.36. The summed E-state index contributed by atoms with van der Waals surface area (Å²) in [5, 5.41) is 6.77. The minimum atomic E-state index is -0.330. The van der Waals surface area contributed by atoms with Crippen LogP contribution in [0.15, 0.2) is 34.4 Å². The van der Waals surface area contributed by atoms with Gasteiger partial charge < -0.3 is 0 Å². The van der Waals surface area contributed by atoms with Crippen molar-refractivity contribution in [3.8, 4) is 0 Å². The number of carbonyl (C=O) groups excluding carboxylic acids is 1. The fourth-order valence-corrected chi connectivity index (χ4v) is 4.57. The number of fused-ring (bicyclic) bond motifs is 1. The number of aromatic nitrogens is 1. The highest BCUT2D eigenvalue weighted by atomic mass is 32.1. The van der Waals surface area contributed by atoms with Crippen molar-refractivity contribution >= 4 is 44.5 Å². The molecule has 2 heterocycles. The minimum absolute atomic E-state index is 0.0212. The first kappa shape index (κ1) is 17.3. The molecule has 1 fully saturated rings. The zero-order valence-corrected chi connectivity index (χ0v) is 15.9. The molecule has 26 heavy (non-hydrogen) atoms. The van der Waals surface area contributed by atoms with Crippen LogP contribution < -0.4 is 5.01 Å². The number of hydrogen-bond acceptors (Lipinski definition) is 5. The summed E-state index contributed by atoms with van der Waals surface area (Å²) in [4.78, 5) is 22.4. The molecule has 1 aromatic carbocycles. The quantitative estimate of drug-likeness (QED) is 0.711. The Bertz CT molecular complexity index is 817. The van der Waals surface area contributed by atoms with Gasteiger partial charge in [-0.2, -0.15) is 10.1 Å². The summed E-state index contributed by atoms with van der Waals surface area (Å²) in [5.41, 5.74) is 1.82. The second-order valence-electron chi connectivity index (χ2n) is 7.02. The van der Waals surface area contributed by atoms with Crippen molar-refractivity contribution in [3.05, 3.63) is 24.3 Å². The Hall–Kier alpha value is -2.08. The lowest BCUT2D eigenvalue weighted by Gasteiger charge is -2.17. The number of para-hydroxylation sites is 1.